The number of carbonyl (C=O) groups excluding carboxylic acids is 1. The molecule has 0 saturated carbocycles. The summed E-state index contributed by atoms with van der Waals surface area (Å²) in [5.41, 5.74) is 0.886. The van der Waals surface area contributed by atoms with E-state index in [0.29, 0.717) is 11.4 Å². The summed E-state index contributed by atoms with van der Waals surface area (Å²) in [6.45, 7) is 3.64. The van der Waals surface area contributed by atoms with Gasteiger partial charge in [-0.25, -0.2) is 0 Å². The molecule has 0 aliphatic carbocycles. The molecule has 0 saturated heterocycles. The molecule has 1 aliphatic rings. The monoisotopic (exact) mass is 327 g/mol. The molecule has 2 N–H and O–H groups in total. The van der Waals surface area contributed by atoms with E-state index in [-0.39, 0.29) is 16.3 Å². The molecule has 0 atom stereocenters. The molecule has 116 valence electrons. The van der Waals surface area contributed by atoms with Crippen LogP contribution in [0.2, 0.25) is 0 Å². The topological polar surface area (TPSA) is 87.6 Å². The third-order valence-corrected chi connectivity index (χ3v) is 4.56. The molecule has 0 bridgehead atoms. The predicted octanol–water partition coefficient (Wildman–Crippen LogP) is 2.39. The van der Waals surface area contributed by atoms with E-state index < -0.39 is 15.9 Å². The van der Waals surface area contributed by atoms with E-state index >= 15 is 0 Å². The number of amides is 1. The maximum absolute atomic E-state index is 12.2. The van der Waals surface area contributed by atoms with Crippen LogP contribution in [-0.4, -0.2) is 20.2 Å². The molecule has 2 aromatic rings. The molecule has 0 fully saturated rings. The van der Waals surface area contributed by atoms with E-state index in [4.69, 9.17) is 0 Å². The number of anilines is 2. The second-order valence-corrected chi connectivity index (χ2v) is 6.41. The first-order valence-electron chi connectivity index (χ1n) is 6.74. The Morgan fingerprint density at radius 3 is 2.43 bits per heavy atom. The van der Waals surface area contributed by atoms with E-state index in [9.17, 15) is 13.2 Å². The van der Waals surface area contributed by atoms with Crippen LogP contribution >= 0.6 is 0 Å². The van der Waals surface area contributed by atoms with Crippen LogP contribution < -0.4 is 10.6 Å². The zero-order chi connectivity index (χ0) is 16.4. The Hall–Kier alpha value is -2.93. The maximum Gasteiger partial charge on any atom is 0.286 e. The van der Waals surface area contributed by atoms with Crippen molar-refractivity contribution >= 4 is 33.1 Å². The van der Waals surface area contributed by atoms with Crippen molar-refractivity contribution in [2.24, 2.45) is 4.40 Å². The standard InChI is InChI=1S/C16H13N3O3S/c1-11(16(20)17-12-7-3-2-4-8-12)15-18-13-9-5-6-10-14(13)23(21,22)19-15/h2-10H,1H2,(H,17,20)(H,18,19). The highest BCUT2D eigenvalue weighted by Crippen LogP contribution is 2.27. The molecule has 0 radical (unpaired) electrons. The van der Waals surface area contributed by atoms with Gasteiger partial charge < -0.3 is 10.6 Å². The summed E-state index contributed by atoms with van der Waals surface area (Å²) in [6, 6.07) is 15.1. The molecule has 1 aliphatic heterocycles. The summed E-state index contributed by atoms with van der Waals surface area (Å²) >= 11 is 0. The number of amidine groups is 1. The molecule has 7 heteroatoms. The van der Waals surface area contributed by atoms with Gasteiger partial charge in [-0.05, 0) is 24.3 Å². The number of benzene rings is 2. The fourth-order valence-electron chi connectivity index (χ4n) is 2.08. The number of nitrogens with one attached hydrogen (secondary N) is 2. The number of hydrogen-bond donors (Lipinski definition) is 2. The van der Waals surface area contributed by atoms with Crippen molar-refractivity contribution in [2.45, 2.75) is 4.90 Å². The number of nitrogens with zero attached hydrogens (tertiary/aromatic N) is 1. The summed E-state index contributed by atoms with van der Waals surface area (Å²) in [4.78, 5) is 12.3. The Kier molecular flexibility index (Phi) is 3.71. The van der Waals surface area contributed by atoms with Crippen LogP contribution in [0.3, 0.4) is 0 Å². The van der Waals surface area contributed by atoms with Crippen molar-refractivity contribution < 1.29 is 13.2 Å². The van der Waals surface area contributed by atoms with Gasteiger partial charge in [0.2, 0.25) is 0 Å². The number of rotatable bonds is 3. The van der Waals surface area contributed by atoms with Crippen molar-refractivity contribution in [3.05, 3.63) is 66.7 Å². The minimum Gasteiger partial charge on any atom is -0.338 e. The number of para-hydroxylation sites is 2. The molecule has 6 nitrogen and oxygen atoms in total. The average Bonchev–Trinajstić information content (AvgIpc) is 2.54. The van der Waals surface area contributed by atoms with Gasteiger partial charge in [-0.1, -0.05) is 36.9 Å². The number of fused-ring (bicyclic) bond motifs is 1. The Morgan fingerprint density at radius 2 is 1.70 bits per heavy atom. The minimum atomic E-state index is -3.86. The lowest BCUT2D eigenvalue weighted by Crippen LogP contribution is -2.28. The fraction of sp³-hybridized carbons (Fsp3) is 0. The first-order valence-corrected chi connectivity index (χ1v) is 8.18. The summed E-state index contributed by atoms with van der Waals surface area (Å²) in [5, 5.41) is 5.47. The van der Waals surface area contributed by atoms with Gasteiger partial charge in [-0.15, -0.1) is 4.40 Å². The zero-order valence-corrected chi connectivity index (χ0v) is 12.8. The molecule has 1 amide bonds. The molecule has 0 unspecified atom stereocenters. The highest BCUT2D eigenvalue weighted by atomic mass is 32.2. The lowest BCUT2D eigenvalue weighted by molar-refractivity contribution is -0.112. The first-order chi connectivity index (χ1) is 11.0. The van der Waals surface area contributed by atoms with Gasteiger partial charge >= 0.3 is 0 Å². The van der Waals surface area contributed by atoms with Crippen LogP contribution in [0.4, 0.5) is 11.4 Å². The van der Waals surface area contributed by atoms with Crippen molar-refractivity contribution in [1.82, 2.24) is 0 Å². The second kappa shape index (κ2) is 5.69. The molecule has 3 rings (SSSR count). The summed E-state index contributed by atoms with van der Waals surface area (Å²) in [6.07, 6.45) is 0. The van der Waals surface area contributed by atoms with Crippen molar-refractivity contribution in [3.63, 3.8) is 0 Å². The fourth-order valence-corrected chi connectivity index (χ4v) is 3.22. The normalized spacial score (nSPS) is 14.9. The average molecular weight is 327 g/mol. The van der Waals surface area contributed by atoms with Crippen LogP contribution in [0.1, 0.15) is 0 Å². The number of hydrogen-bond acceptors (Lipinski definition) is 4. The van der Waals surface area contributed by atoms with Crippen LogP contribution in [0.5, 0.6) is 0 Å². The molecule has 1 heterocycles. The Balaban J connectivity index is 1.86. The summed E-state index contributed by atoms with van der Waals surface area (Å²) in [7, 11) is -3.86. The molecule has 2 aromatic carbocycles. The van der Waals surface area contributed by atoms with Crippen molar-refractivity contribution in [2.75, 3.05) is 10.6 Å². The van der Waals surface area contributed by atoms with Gasteiger partial charge in [-0.2, -0.15) is 8.42 Å². The van der Waals surface area contributed by atoms with Crippen molar-refractivity contribution in [3.8, 4) is 0 Å². The first kappa shape index (κ1) is 15.0. The van der Waals surface area contributed by atoms with Crippen LogP contribution in [0.25, 0.3) is 0 Å². The predicted molar refractivity (Wildman–Crippen MR) is 88.9 cm³/mol. The minimum absolute atomic E-state index is 0.0630. The lowest BCUT2D eigenvalue weighted by atomic mass is 10.2. The third-order valence-electron chi connectivity index (χ3n) is 3.22. The molecule has 23 heavy (non-hydrogen) atoms. The largest absolute Gasteiger partial charge is 0.338 e. The van der Waals surface area contributed by atoms with E-state index in [2.05, 4.69) is 21.6 Å². The summed E-state index contributed by atoms with van der Waals surface area (Å²) < 4.78 is 28.0. The lowest BCUT2D eigenvalue weighted by Gasteiger charge is -2.19. The van der Waals surface area contributed by atoms with Crippen LogP contribution in [-0.2, 0) is 14.8 Å². The van der Waals surface area contributed by atoms with Gasteiger partial charge in [0.15, 0.2) is 5.84 Å². The molecule has 0 aromatic heterocycles. The maximum atomic E-state index is 12.2. The summed E-state index contributed by atoms with van der Waals surface area (Å²) in [5.74, 6) is -0.617. The van der Waals surface area contributed by atoms with Gasteiger partial charge in [-0.3, -0.25) is 4.79 Å². The third kappa shape index (κ3) is 3.00. The van der Waals surface area contributed by atoms with Crippen molar-refractivity contribution in [1.29, 1.82) is 0 Å². The zero-order valence-electron chi connectivity index (χ0n) is 12.0. The highest BCUT2D eigenvalue weighted by molar-refractivity contribution is 7.90. The van der Waals surface area contributed by atoms with Gasteiger partial charge in [0.25, 0.3) is 15.9 Å². The van der Waals surface area contributed by atoms with E-state index in [1.807, 2.05) is 6.07 Å². The van der Waals surface area contributed by atoms with Gasteiger partial charge in [0.1, 0.15) is 4.90 Å². The van der Waals surface area contributed by atoms with E-state index in [1.165, 1.54) is 6.07 Å². The Labute approximate surface area is 133 Å². The molecular weight excluding hydrogens is 314 g/mol. The van der Waals surface area contributed by atoms with Crippen LogP contribution in [0, 0.1) is 0 Å². The highest BCUT2D eigenvalue weighted by Gasteiger charge is 2.27. The molecule has 0 spiro atoms. The number of carbonyl (C=O) groups is 1. The van der Waals surface area contributed by atoms with Gasteiger partial charge in [0, 0.05) is 5.69 Å². The number of sulfonamides is 1. The van der Waals surface area contributed by atoms with Crippen LogP contribution in [0.15, 0.2) is 76.0 Å². The van der Waals surface area contributed by atoms with E-state index in [1.54, 1.807) is 42.5 Å². The Morgan fingerprint density at radius 1 is 1.04 bits per heavy atom. The quantitative estimate of drug-likeness (QED) is 0.847. The Bertz CT molecular complexity index is 919. The van der Waals surface area contributed by atoms with E-state index in [0.717, 1.165) is 0 Å². The SMILES string of the molecule is C=C(C(=O)Nc1ccccc1)C1=NS(=O)(=O)c2ccccc2N1. The smallest absolute Gasteiger partial charge is 0.286 e. The van der Waals surface area contributed by atoms with Gasteiger partial charge in [0.05, 0.1) is 11.3 Å². The molecular formula is C16H13N3O3S. The second-order valence-electron chi connectivity index (χ2n) is 4.83.